The van der Waals surface area contributed by atoms with Crippen LogP contribution in [-0.2, 0) is 4.79 Å². The van der Waals surface area contributed by atoms with Crippen molar-refractivity contribution in [3.05, 3.63) is 29.8 Å². The highest BCUT2D eigenvalue weighted by molar-refractivity contribution is 5.76. The fourth-order valence-electron chi connectivity index (χ4n) is 1.90. The molecule has 0 radical (unpaired) electrons. The van der Waals surface area contributed by atoms with Gasteiger partial charge in [0.25, 0.3) is 0 Å². The highest BCUT2D eigenvalue weighted by Crippen LogP contribution is 2.21. The van der Waals surface area contributed by atoms with Crippen LogP contribution in [0.25, 0.3) is 0 Å². The Morgan fingerprint density at radius 2 is 1.84 bits per heavy atom. The van der Waals surface area contributed by atoms with Gasteiger partial charge in [0, 0.05) is 13.0 Å². The monoisotopic (exact) mass is 263 g/mol. The van der Waals surface area contributed by atoms with E-state index in [2.05, 4.69) is 26.1 Å². The number of hydrogen-bond donors (Lipinski definition) is 1. The summed E-state index contributed by atoms with van der Waals surface area (Å²) in [5, 5.41) is 2.97. The molecule has 0 saturated carbocycles. The Hall–Kier alpha value is -1.51. The van der Waals surface area contributed by atoms with E-state index in [1.165, 1.54) is 5.56 Å². The summed E-state index contributed by atoms with van der Waals surface area (Å²) in [4.78, 5) is 11.8. The third-order valence-corrected chi connectivity index (χ3v) is 3.22. The van der Waals surface area contributed by atoms with Gasteiger partial charge >= 0.3 is 0 Å². The van der Waals surface area contributed by atoms with E-state index in [1.807, 2.05) is 24.3 Å². The Labute approximate surface area is 116 Å². The number of carbonyl (C=O) groups excluding carboxylic acids is 1. The molecule has 106 valence electrons. The maximum atomic E-state index is 11.8. The van der Waals surface area contributed by atoms with Gasteiger partial charge in [0.05, 0.1) is 7.11 Å². The number of amides is 1. The summed E-state index contributed by atoms with van der Waals surface area (Å²) in [7, 11) is 1.65. The van der Waals surface area contributed by atoms with Gasteiger partial charge in [-0.2, -0.15) is 0 Å². The molecule has 0 fully saturated rings. The Bertz CT molecular complexity index is 384. The summed E-state index contributed by atoms with van der Waals surface area (Å²) in [5.74, 6) is 1.82. The lowest BCUT2D eigenvalue weighted by Gasteiger charge is -2.13. The van der Waals surface area contributed by atoms with Crippen LogP contribution in [0.15, 0.2) is 24.3 Å². The summed E-state index contributed by atoms with van der Waals surface area (Å²) < 4.78 is 5.13. The fraction of sp³-hybridized carbons (Fsp3) is 0.562. The maximum Gasteiger partial charge on any atom is 0.220 e. The molecule has 0 aliphatic heterocycles. The number of nitrogens with one attached hydrogen (secondary N) is 1. The van der Waals surface area contributed by atoms with Gasteiger partial charge < -0.3 is 10.1 Å². The first kappa shape index (κ1) is 15.5. The van der Waals surface area contributed by atoms with E-state index >= 15 is 0 Å². The molecule has 3 nitrogen and oxygen atoms in total. The molecule has 1 amide bonds. The van der Waals surface area contributed by atoms with Crippen LogP contribution in [0.5, 0.6) is 5.75 Å². The summed E-state index contributed by atoms with van der Waals surface area (Å²) in [5.41, 5.74) is 1.17. The van der Waals surface area contributed by atoms with Crippen LogP contribution in [0, 0.1) is 5.92 Å². The molecule has 0 aliphatic carbocycles. The molecule has 3 heteroatoms. The third-order valence-electron chi connectivity index (χ3n) is 3.22. The Morgan fingerprint density at radius 3 is 2.37 bits per heavy atom. The van der Waals surface area contributed by atoms with E-state index in [0.717, 1.165) is 18.7 Å². The van der Waals surface area contributed by atoms with Gasteiger partial charge in [0.1, 0.15) is 5.75 Å². The zero-order valence-corrected chi connectivity index (χ0v) is 12.4. The molecule has 1 unspecified atom stereocenters. The van der Waals surface area contributed by atoms with Gasteiger partial charge in [-0.15, -0.1) is 0 Å². The van der Waals surface area contributed by atoms with Gasteiger partial charge in [-0.25, -0.2) is 0 Å². The summed E-state index contributed by atoms with van der Waals surface area (Å²) in [6, 6.07) is 7.90. The van der Waals surface area contributed by atoms with Gasteiger partial charge in [0.2, 0.25) is 5.91 Å². The first-order valence-electron chi connectivity index (χ1n) is 6.93. The number of carbonyl (C=O) groups is 1. The number of benzene rings is 1. The van der Waals surface area contributed by atoms with Crippen molar-refractivity contribution in [2.45, 2.75) is 39.5 Å². The van der Waals surface area contributed by atoms with Crippen molar-refractivity contribution in [3.63, 3.8) is 0 Å². The van der Waals surface area contributed by atoms with Crippen molar-refractivity contribution in [1.82, 2.24) is 5.32 Å². The SMILES string of the molecule is COc1ccc(C(C)CC(=O)NCCC(C)C)cc1. The van der Waals surface area contributed by atoms with E-state index in [9.17, 15) is 4.79 Å². The minimum Gasteiger partial charge on any atom is -0.497 e. The molecule has 0 heterocycles. The Balaban J connectivity index is 2.40. The molecule has 1 N–H and O–H groups in total. The normalized spacial score (nSPS) is 12.3. The van der Waals surface area contributed by atoms with Crippen molar-refractivity contribution in [1.29, 1.82) is 0 Å². The van der Waals surface area contributed by atoms with Gasteiger partial charge in [0.15, 0.2) is 0 Å². The minimum absolute atomic E-state index is 0.129. The van der Waals surface area contributed by atoms with Crippen molar-refractivity contribution in [2.75, 3.05) is 13.7 Å². The van der Waals surface area contributed by atoms with Crippen LogP contribution in [0.3, 0.4) is 0 Å². The first-order chi connectivity index (χ1) is 9.02. The molecule has 0 spiro atoms. The maximum absolute atomic E-state index is 11.8. The van der Waals surface area contributed by atoms with Crippen LogP contribution in [0.4, 0.5) is 0 Å². The highest BCUT2D eigenvalue weighted by atomic mass is 16.5. The van der Waals surface area contributed by atoms with Crippen molar-refractivity contribution in [2.24, 2.45) is 5.92 Å². The summed E-state index contributed by atoms with van der Waals surface area (Å²) in [6.45, 7) is 7.16. The van der Waals surface area contributed by atoms with Gasteiger partial charge in [-0.1, -0.05) is 32.9 Å². The predicted octanol–water partition coefficient (Wildman–Crippen LogP) is 3.35. The molecule has 0 aliphatic rings. The van der Waals surface area contributed by atoms with Crippen LogP contribution in [0.2, 0.25) is 0 Å². The van der Waals surface area contributed by atoms with E-state index in [0.29, 0.717) is 12.3 Å². The van der Waals surface area contributed by atoms with E-state index in [1.54, 1.807) is 7.11 Å². The molecule has 1 aromatic rings. The van der Waals surface area contributed by atoms with Crippen LogP contribution in [-0.4, -0.2) is 19.6 Å². The number of rotatable bonds is 7. The van der Waals surface area contributed by atoms with Crippen LogP contribution in [0.1, 0.15) is 45.1 Å². The molecular weight excluding hydrogens is 238 g/mol. The molecular formula is C16H25NO2. The van der Waals surface area contributed by atoms with E-state index < -0.39 is 0 Å². The summed E-state index contributed by atoms with van der Waals surface area (Å²) in [6.07, 6.45) is 1.56. The molecule has 1 atom stereocenters. The quantitative estimate of drug-likeness (QED) is 0.819. The van der Waals surface area contributed by atoms with Gasteiger partial charge in [-0.3, -0.25) is 4.79 Å². The Kier molecular flexibility index (Phi) is 6.40. The second kappa shape index (κ2) is 7.82. The van der Waals surface area contributed by atoms with Crippen molar-refractivity contribution in [3.8, 4) is 5.75 Å². The molecule has 1 aromatic carbocycles. The zero-order chi connectivity index (χ0) is 14.3. The average molecular weight is 263 g/mol. The second-order valence-electron chi connectivity index (χ2n) is 5.41. The standard InChI is InChI=1S/C16H25NO2/c1-12(2)9-10-17-16(18)11-13(3)14-5-7-15(19-4)8-6-14/h5-8,12-13H,9-11H2,1-4H3,(H,17,18). The molecule has 0 saturated heterocycles. The van der Waals surface area contributed by atoms with E-state index in [4.69, 9.17) is 4.74 Å². The molecule has 1 rings (SSSR count). The Morgan fingerprint density at radius 1 is 1.21 bits per heavy atom. The zero-order valence-electron chi connectivity index (χ0n) is 12.4. The molecule has 0 aromatic heterocycles. The number of hydrogen-bond acceptors (Lipinski definition) is 2. The fourth-order valence-corrected chi connectivity index (χ4v) is 1.90. The largest absolute Gasteiger partial charge is 0.497 e. The van der Waals surface area contributed by atoms with Crippen LogP contribution < -0.4 is 10.1 Å². The second-order valence-corrected chi connectivity index (χ2v) is 5.41. The first-order valence-corrected chi connectivity index (χ1v) is 6.93. The average Bonchev–Trinajstić information content (AvgIpc) is 2.38. The molecule has 19 heavy (non-hydrogen) atoms. The third kappa shape index (κ3) is 5.77. The molecule has 0 bridgehead atoms. The van der Waals surface area contributed by atoms with Gasteiger partial charge in [-0.05, 0) is 36.0 Å². The number of methoxy groups -OCH3 is 1. The minimum atomic E-state index is 0.129. The highest BCUT2D eigenvalue weighted by Gasteiger charge is 2.11. The lowest BCUT2D eigenvalue weighted by Crippen LogP contribution is -2.26. The van der Waals surface area contributed by atoms with Crippen molar-refractivity contribution < 1.29 is 9.53 Å². The van der Waals surface area contributed by atoms with Crippen LogP contribution >= 0.6 is 0 Å². The lowest BCUT2D eigenvalue weighted by molar-refractivity contribution is -0.121. The lowest BCUT2D eigenvalue weighted by atomic mass is 9.97. The smallest absolute Gasteiger partial charge is 0.220 e. The van der Waals surface area contributed by atoms with Crippen molar-refractivity contribution >= 4 is 5.91 Å². The summed E-state index contributed by atoms with van der Waals surface area (Å²) >= 11 is 0. The van der Waals surface area contributed by atoms with E-state index in [-0.39, 0.29) is 11.8 Å². The predicted molar refractivity (Wildman–Crippen MR) is 78.5 cm³/mol. The number of ether oxygens (including phenoxy) is 1. The topological polar surface area (TPSA) is 38.3 Å².